The van der Waals surface area contributed by atoms with E-state index in [2.05, 4.69) is 26.8 Å². The van der Waals surface area contributed by atoms with E-state index in [4.69, 9.17) is 12.2 Å². The minimum atomic E-state index is 0.768. The average Bonchev–Trinajstić information content (AvgIpc) is 3.11. The number of aromatic nitrogens is 4. The van der Waals surface area contributed by atoms with E-state index in [1.807, 2.05) is 41.3 Å². The quantitative estimate of drug-likeness (QED) is 0.728. The van der Waals surface area contributed by atoms with Gasteiger partial charge in [0.1, 0.15) is 0 Å². The van der Waals surface area contributed by atoms with Crippen LogP contribution in [-0.4, -0.2) is 19.3 Å². The Balaban J connectivity index is 1.76. The smallest absolute Gasteiger partial charge is 0.177 e. The first-order valence-electron chi connectivity index (χ1n) is 6.65. The van der Waals surface area contributed by atoms with Gasteiger partial charge in [-0.3, -0.25) is 4.68 Å². The second kappa shape index (κ2) is 5.88. The van der Waals surface area contributed by atoms with E-state index < -0.39 is 0 Å². The molecule has 102 valence electrons. The Bertz CT molecular complexity index is 710. The maximum atomic E-state index is 5.37. The number of nitrogens with zero attached hydrogens (tertiary/aromatic N) is 3. The monoisotopic (exact) mass is 284 g/mol. The van der Waals surface area contributed by atoms with E-state index >= 15 is 0 Å². The topological polar surface area (TPSA) is 38.5 Å². The highest BCUT2D eigenvalue weighted by atomic mass is 32.1. The third-order valence-electron chi connectivity index (χ3n) is 3.27. The van der Waals surface area contributed by atoms with Gasteiger partial charge in [0.25, 0.3) is 0 Å². The second-order valence-corrected chi connectivity index (χ2v) is 5.01. The number of hydrogen-bond donors (Lipinski definition) is 1. The van der Waals surface area contributed by atoms with Crippen LogP contribution in [-0.2, 0) is 13.1 Å². The Morgan fingerprint density at radius 2 is 1.95 bits per heavy atom. The number of nitrogens with one attached hydrogen (secondary N) is 1. The van der Waals surface area contributed by atoms with Crippen molar-refractivity contribution in [1.82, 2.24) is 19.3 Å². The van der Waals surface area contributed by atoms with E-state index in [1.54, 1.807) is 6.20 Å². The van der Waals surface area contributed by atoms with Gasteiger partial charge in [0.2, 0.25) is 0 Å². The van der Waals surface area contributed by atoms with Crippen LogP contribution in [0, 0.1) is 4.77 Å². The molecule has 1 N–H and O–H groups in total. The molecule has 2 aromatic heterocycles. The Morgan fingerprint density at radius 1 is 1.10 bits per heavy atom. The van der Waals surface area contributed by atoms with Crippen molar-refractivity contribution in [2.75, 3.05) is 0 Å². The average molecular weight is 284 g/mol. The van der Waals surface area contributed by atoms with Crippen molar-refractivity contribution in [3.8, 4) is 11.3 Å². The van der Waals surface area contributed by atoms with E-state index in [0.29, 0.717) is 0 Å². The highest BCUT2D eigenvalue weighted by Gasteiger charge is 2.06. The first-order chi connectivity index (χ1) is 9.84. The molecule has 20 heavy (non-hydrogen) atoms. The molecule has 0 saturated heterocycles. The predicted molar refractivity (Wildman–Crippen MR) is 81.9 cm³/mol. The van der Waals surface area contributed by atoms with Crippen LogP contribution in [0.3, 0.4) is 0 Å². The molecule has 0 atom stereocenters. The summed E-state index contributed by atoms with van der Waals surface area (Å²) in [6.45, 7) is 1.78. The highest BCUT2D eigenvalue weighted by Crippen LogP contribution is 2.19. The molecule has 3 rings (SSSR count). The lowest BCUT2D eigenvalue weighted by molar-refractivity contribution is 0.526. The number of benzene rings is 1. The van der Waals surface area contributed by atoms with Gasteiger partial charge in [-0.25, -0.2) is 0 Å². The summed E-state index contributed by atoms with van der Waals surface area (Å²) in [4.78, 5) is 3.13. The zero-order chi connectivity index (χ0) is 13.8. The summed E-state index contributed by atoms with van der Waals surface area (Å²) in [5.41, 5.74) is 2.31. The Labute approximate surface area is 122 Å². The highest BCUT2D eigenvalue weighted by molar-refractivity contribution is 7.71. The molecule has 0 amide bonds. The van der Waals surface area contributed by atoms with Crippen molar-refractivity contribution >= 4 is 12.2 Å². The number of hydrogen-bond acceptors (Lipinski definition) is 2. The zero-order valence-corrected chi connectivity index (χ0v) is 11.9. The van der Waals surface area contributed by atoms with Gasteiger partial charge in [0.15, 0.2) is 4.77 Å². The largest absolute Gasteiger partial charge is 0.337 e. The van der Waals surface area contributed by atoms with Gasteiger partial charge in [-0.2, -0.15) is 5.10 Å². The van der Waals surface area contributed by atoms with Crippen molar-refractivity contribution in [3.05, 3.63) is 59.8 Å². The third kappa shape index (κ3) is 2.72. The maximum Gasteiger partial charge on any atom is 0.177 e. The van der Waals surface area contributed by atoms with Crippen LogP contribution in [0.25, 0.3) is 11.3 Å². The molecule has 4 nitrogen and oxygen atoms in total. The van der Waals surface area contributed by atoms with Crippen LogP contribution in [0.4, 0.5) is 0 Å². The molecule has 0 fully saturated rings. The molecular formula is C15H16N4S. The Hall–Kier alpha value is -2.14. The van der Waals surface area contributed by atoms with Gasteiger partial charge in [-0.1, -0.05) is 30.3 Å². The predicted octanol–water partition coefficient (Wildman–Crippen LogP) is 3.50. The summed E-state index contributed by atoms with van der Waals surface area (Å²) in [6, 6.07) is 12.2. The SMILES string of the molecule is S=c1[nH]cc(-c2ccccc2)n1CCCn1cccn1. The normalized spacial score (nSPS) is 10.8. The fraction of sp³-hybridized carbons (Fsp3) is 0.200. The van der Waals surface area contributed by atoms with Gasteiger partial charge < -0.3 is 9.55 Å². The molecule has 0 saturated carbocycles. The minimum Gasteiger partial charge on any atom is -0.337 e. The molecule has 2 heterocycles. The third-order valence-corrected chi connectivity index (χ3v) is 3.60. The molecule has 0 radical (unpaired) electrons. The number of imidazole rings is 1. The molecule has 5 heteroatoms. The summed E-state index contributed by atoms with van der Waals surface area (Å²) in [7, 11) is 0. The maximum absolute atomic E-state index is 5.37. The summed E-state index contributed by atoms with van der Waals surface area (Å²) in [5, 5.41) is 4.21. The second-order valence-electron chi connectivity index (χ2n) is 4.62. The van der Waals surface area contributed by atoms with Gasteiger partial charge in [0.05, 0.1) is 5.69 Å². The summed E-state index contributed by atoms with van der Waals surface area (Å²) < 4.78 is 4.86. The zero-order valence-electron chi connectivity index (χ0n) is 11.1. The van der Waals surface area contributed by atoms with Crippen LogP contribution in [0.1, 0.15) is 6.42 Å². The first kappa shape index (κ1) is 12.9. The fourth-order valence-electron chi connectivity index (χ4n) is 2.29. The fourth-order valence-corrected chi connectivity index (χ4v) is 2.54. The van der Waals surface area contributed by atoms with Gasteiger partial charge in [0, 0.05) is 31.7 Å². The van der Waals surface area contributed by atoms with Crippen LogP contribution < -0.4 is 0 Å². The lowest BCUT2D eigenvalue weighted by atomic mass is 10.2. The van der Waals surface area contributed by atoms with Crippen LogP contribution in [0.2, 0.25) is 0 Å². The lowest BCUT2D eigenvalue weighted by Gasteiger charge is -2.08. The van der Waals surface area contributed by atoms with Crippen LogP contribution in [0.5, 0.6) is 0 Å². The molecule has 0 spiro atoms. The van der Waals surface area contributed by atoms with Crippen LogP contribution >= 0.6 is 12.2 Å². The molecule has 0 aliphatic carbocycles. The van der Waals surface area contributed by atoms with Gasteiger partial charge in [-0.05, 0) is 30.3 Å². The molecule has 1 aromatic carbocycles. The molecule has 3 aromatic rings. The number of H-pyrrole nitrogens is 1. The summed E-state index contributed by atoms with van der Waals surface area (Å²) in [5.74, 6) is 0. The van der Waals surface area contributed by atoms with Crippen LogP contribution in [0.15, 0.2) is 55.0 Å². The van der Waals surface area contributed by atoms with Crippen molar-refractivity contribution < 1.29 is 0 Å². The van der Waals surface area contributed by atoms with E-state index in [-0.39, 0.29) is 0 Å². The molecule has 0 bridgehead atoms. The molecular weight excluding hydrogens is 268 g/mol. The lowest BCUT2D eigenvalue weighted by Crippen LogP contribution is -2.05. The van der Waals surface area contributed by atoms with E-state index in [1.165, 1.54) is 5.56 Å². The Kier molecular flexibility index (Phi) is 3.78. The molecule has 0 aliphatic rings. The summed E-state index contributed by atoms with van der Waals surface area (Å²) >= 11 is 5.37. The number of aromatic amines is 1. The molecule has 0 aliphatic heterocycles. The first-order valence-corrected chi connectivity index (χ1v) is 7.06. The number of aryl methyl sites for hydroxylation is 1. The van der Waals surface area contributed by atoms with Crippen molar-refractivity contribution in [3.63, 3.8) is 0 Å². The van der Waals surface area contributed by atoms with Crippen molar-refractivity contribution in [1.29, 1.82) is 0 Å². The van der Waals surface area contributed by atoms with Gasteiger partial charge >= 0.3 is 0 Å². The molecule has 0 unspecified atom stereocenters. The summed E-state index contributed by atoms with van der Waals surface area (Å²) in [6.07, 6.45) is 6.76. The van der Waals surface area contributed by atoms with E-state index in [9.17, 15) is 0 Å². The number of rotatable bonds is 5. The van der Waals surface area contributed by atoms with Crippen molar-refractivity contribution in [2.24, 2.45) is 0 Å². The Morgan fingerprint density at radius 3 is 2.70 bits per heavy atom. The van der Waals surface area contributed by atoms with Gasteiger partial charge in [-0.15, -0.1) is 0 Å². The standard InChI is InChI=1S/C15H16N4S/c20-15-16-12-14(13-6-2-1-3-7-13)19(15)11-5-10-18-9-4-8-17-18/h1-4,6-9,12H,5,10-11H2,(H,16,20). The minimum absolute atomic E-state index is 0.768. The van der Waals surface area contributed by atoms with E-state index in [0.717, 1.165) is 30.0 Å². The van der Waals surface area contributed by atoms with Crippen molar-refractivity contribution in [2.45, 2.75) is 19.5 Å².